The van der Waals surface area contributed by atoms with Gasteiger partial charge in [-0.05, 0) is 36.8 Å². The molecule has 0 aliphatic heterocycles. The largest absolute Gasteiger partial charge is 0.497 e. The van der Waals surface area contributed by atoms with Crippen LogP contribution in [0.15, 0.2) is 48.5 Å². The van der Waals surface area contributed by atoms with E-state index < -0.39 is 0 Å². The number of hydrogen-bond acceptors (Lipinski definition) is 4. The fraction of sp³-hybridized carbons (Fsp3) is 0.278. The highest BCUT2D eigenvalue weighted by Crippen LogP contribution is 2.13. The minimum Gasteiger partial charge on any atom is -0.497 e. The fourth-order valence-electron chi connectivity index (χ4n) is 2.65. The maximum atomic E-state index is 12.2. The van der Waals surface area contributed by atoms with E-state index in [1.54, 1.807) is 7.11 Å². The number of aromatic nitrogens is 3. The first-order chi connectivity index (χ1) is 11.7. The average Bonchev–Trinajstić information content (AvgIpc) is 2.98. The molecule has 2 aromatic carbocycles. The van der Waals surface area contributed by atoms with E-state index in [0.717, 1.165) is 22.3 Å². The van der Waals surface area contributed by atoms with E-state index in [0.29, 0.717) is 13.0 Å². The summed E-state index contributed by atoms with van der Waals surface area (Å²) in [6, 6.07) is 15.3. The van der Waals surface area contributed by atoms with Gasteiger partial charge in [0.05, 0.1) is 25.6 Å². The first-order valence-electron chi connectivity index (χ1n) is 7.86. The van der Waals surface area contributed by atoms with Gasteiger partial charge < -0.3 is 10.1 Å². The monoisotopic (exact) mass is 324 g/mol. The fourth-order valence-corrected chi connectivity index (χ4v) is 2.65. The lowest BCUT2D eigenvalue weighted by atomic mass is 10.1. The summed E-state index contributed by atoms with van der Waals surface area (Å²) in [5.74, 6) is 0.725. The molecule has 0 unspecified atom stereocenters. The number of methoxy groups -OCH3 is 1. The average molecular weight is 324 g/mol. The predicted molar refractivity (Wildman–Crippen MR) is 91.8 cm³/mol. The standard InChI is InChI=1S/C18H20N4O2/c1-13(12-22-17-9-4-3-8-16(17)20-21-22)19-18(23)11-14-6-5-7-15(10-14)24-2/h3-10,13H,11-12H2,1-2H3,(H,19,23)/t13-/m0/s1. The Morgan fingerprint density at radius 2 is 2.08 bits per heavy atom. The highest BCUT2D eigenvalue weighted by Gasteiger charge is 2.12. The summed E-state index contributed by atoms with van der Waals surface area (Å²) in [5.41, 5.74) is 2.74. The zero-order valence-electron chi connectivity index (χ0n) is 13.8. The van der Waals surface area contributed by atoms with Crippen LogP contribution in [0.3, 0.4) is 0 Å². The molecule has 1 aromatic heterocycles. The van der Waals surface area contributed by atoms with Gasteiger partial charge in [0.2, 0.25) is 5.91 Å². The molecule has 1 heterocycles. The molecule has 6 nitrogen and oxygen atoms in total. The Hall–Kier alpha value is -2.89. The van der Waals surface area contributed by atoms with Gasteiger partial charge in [0, 0.05) is 6.04 Å². The maximum Gasteiger partial charge on any atom is 0.224 e. The summed E-state index contributed by atoms with van der Waals surface area (Å²) < 4.78 is 6.99. The van der Waals surface area contributed by atoms with Crippen molar-refractivity contribution in [1.82, 2.24) is 20.3 Å². The summed E-state index contributed by atoms with van der Waals surface area (Å²) >= 11 is 0. The SMILES string of the molecule is COc1cccc(CC(=O)N[C@@H](C)Cn2nnc3ccccc32)c1. The maximum absolute atomic E-state index is 12.2. The van der Waals surface area contributed by atoms with Crippen LogP contribution in [-0.2, 0) is 17.8 Å². The summed E-state index contributed by atoms with van der Waals surface area (Å²) in [5, 5.41) is 11.3. The number of carbonyl (C=O) groups is 1. The zero-order chi connectivity index (χ0) is 16.9. The molecule has 3 aromatic rings. The molecule has 0 saturated heterocycles. The van der Waals surface area contributed by atoms with Gasteiger partial charge in [-0.3, -0.25) is 4.79 Å². The van der Waals surface area contributed by atoms with Gasteiger partial charge in [-0.1, -0.05) is 29.5 Å². The van der Waals surface area contributed by atoms with E-state index in [9.17, 15) is 4.79 Å². The van der Waals surface area contributed by atoms with Crippen molar-refractivity contribution in [3.8, 4) is 5.75 Å². The van der Waals surface area contributed by atoms with Crippen molar-refractivity contribution < 1.29 is 9.53 Å². The molecule has 1 amide bonds. The van der Waals surface area contributed by atoms with Crippen LogP contribution >= 0.6 is 0 Å². The van der Waals surface area contributed by atoms with E-state index in [1.807, 2.05) is 60.1 Å². The van der Waals surface area contributed by atoms with E-state index in [1.165, 1.54) is 0 Å². The van der Waals surface area contributed by atoms with Crippen molar-refractivity contribution in [3.05, 3.63) is 54.1 Å². The Labute approximate surface area is 140 Å². The molecule has 24 heavy (non-hydrogen) atoms. The van der Waals surface area contributed by atoms with Crippen LogP contribution in [0.5, 0.6) is 5.75 Å². The van der Waals surface area contributed by atoms with Crippen LogP contribution in [0.4, 0.5) is 0 Å². The van der Waals surface area contributed by atoms with E-state index in [2.05, 4.69) is 15.6 Å². The molecule has 1 N–H and O–H groups in total. The van der Waals surface area contributed by atoms with Gasteiger partial charge in [0.15, 0.2) is 0 Å². The second-order valence-corrected chi connectivity index (χ2v) is 5.76. The van der Waals surface area contributed by atoms with E-state index in [4.69, 9.17) is 4.74 Å². The molecule has 3 rings (SSSR count). The third-order valence-electron chi connectivity index (χ3n) is 3.77. The van der Waals surface area contributed by atoms with Crippen molar-refractivity contribution in [2.75, 3.05) is 7.11 Å². The normalized spacial score (nSPS) is 12.1. The number of fused-ring (bicyclic) bond motifs is 1. The number of carbonyl (C=O) groups excluding carboxylic acids is 1. The van der Waals surface area contributed by atoms with Gasteiger partial charge in [-0.25, -0.2) is 4.68 Å². The molecule has 0 fully saturated rings. The number of para-hydroxylation sites is 1. The van der Waals surface area contributed by atoms with Gasteiger partial charge in [0.25, 0.3) is 0 Å². The molecule has 0 aliphatic carbocycles. The molecule has 1 atom stereocenters. The zero-order valence-corrected chi connectivity index (χ0v) is 13.8. The predicted octanol–water partition coefficient (Wildman–Crippen LogP) is 2.19. The summed E-state index contributed by atoms with van der Waals surface area (Å²) in [4.78, 5) is 12.2. The molecule has 0 aliphatic rings. The quantitative estimate of drug-likeness (QED) is 0.754. The second kappa shape index (κ2) is 7.12. The second-order valence-electron chi connectivity index (χ2n) is 5.76. The van der Waals surface area contributed by atoms with Crippen molar-refractivity contribution in [1.29, 1.82) is 0 Å². The lowest BCUT2D eigenvalue weighted by Crippen LogP contribution is -2.36. The lowest BCUT2D eigenvalue weighted by Gasteiger charge is -2.14. The Balaban J connectivity index is 1.59. The molecule has 0 spiro atoms. The number of ether oxygens (including phenoxy) is 1. The first kappa shape index (κ1) is 16.0. The highest BCUT2D eigenvalue weighted by molar-refractivity contribution is 5.79. The number of hydrogen-bond donors (Lipinski definition) is 1. The van der Waals surface area contributed by atoms with Gasteiger partial charge in [-0.15, -0.1) is 5.10 Å². The number of rotatable bonds is 6. The van der Waals surface area contributed by atoms with Crippen molar-refractivity contribution in [2.24, 2.45) is 0 Å². The minimum atomic E-state index is -0.0480. The van der Waals surface area contributed by atoms with Crippen molar-refractivity contribution in [2.45, 2.75) is 25.9 Å². The lowest BCUT2D eigenvalue weighted by molar-refractivity contribution is -0.121. The number of amides is 1. The van der Waals surface area contributed by atoms with Crippen molar-refractivity contribution >= 4 is 16.9 Å². The Morgan fingerprint density at radius 3 is 2.92 bits per heavy atom. The number of nitrogens with one attached hydrogen (secondary N) is 1. The number of nitrogens with zero attached hydrogens (tertiary/aromatic N) is 3. The first-order valence-corrected chi connectivity index (χ1v) is 7.86. The summed E-state index contributed by atoms with van der Waals surface area (Å²) in [6.45, 7) is 2.53. The molecule has 6 heteroatoms. The third-order valence-corrected chi connectivity index (χ3v) is 3.77. The van der Waals surface area contributed by atoms with Crippen LogP contribution < -0.4 is 10.1 Å². The Kier molecular flexibility index (Phi) is 4.74. The van der Waals surface area contributed by atoms with E-state index in [-0.39, 0.29) is 11.9 Å². The Bertz CT molecular complexity index is 844. The summed E-state index contributed by atoms with van der Waals surface area (Å²) in [6.07, 6.45) is 0.319. The third kappa shape index (κ3) is 3.71. The summed E-state index contributed by atoms with van der Waals surface area (Å²) in [7, 11) is 1.61. The van der Waals surface area contributed by atoms with Crippen LogP contribution in [0.25, 0.3) is 11.0 Å². The van der Waals surface area contributed by atoms with Crippen LogP contribution in [-0.4, -0.2) is 34.1 Å². The molecular formula is C18H20N4O2. The highest BCUT2D eigenvalue weighted by atomic mass is 16.5. The van der Waals surface area contributed by atoms with Gasteiger partial charge in [-0.2, -0.15) is 0 Å². The van der Waals surface area contributed by atoms with Crippen LogP contribution in [0.2, 0.25) is 0 Å². The van der Waals surface area contributed by atoms with Crippen LogP contribution in [0, 0.1) is 0 Å². The topological polar surface area (TPSA) is 69.0 Å². The van der Waals surface area contributed by atoms with Crippen molar-refractivity contribution in [3.63, 3.8) is 0 Å². The molecular weight excluding hydrogens is 304 g/mol. The minimum absolute atomic E-state index is 0.0276. The smallest absolute Gasteiger partial charge is 0.224 e. The number of benzene rings is 2. The molecule has 124 valence electrons. The molecule has 0 radical (unpaired) electrons. The Morgan fingerprint density at radius 1 is 1.25 bits per heavy atom. The van der Waals surface area contributed by atoms with Gasteiger partial charge in [0.1, 0.15) is 11.3 Å². The van der Waals surface area contributed by atoms with Crippen LogP contribution in [0.1, 0.15) is 12.5 Å². The van der Waals surface area contributed by atoms with E-state index >= 15 is 0 Å². The molecule has 0 bridgehead atoms. The van der Waals surface area contributed by atoms with Gasteiger partial charge >= 0.3 is 0 Å². The molecule has 0 saturated carbocycles.